The zero-order valence-corrected chi connectivity index (χ0v) is 13.4. The molecule has 1 aliphatic heterocycles. The van der Waals surface area contributed by atoms with Crippen LogP contribution in [0.3, 0.4) is 0 Å². The highest BCUT2D eigenvalue weighted by molar-refractivity contribution is 5.94. The summed E-state index contributed by atoms with van der Waals surface area (Å²) >= 11 is 0. The summed E-state index contributed by atoms with van der Waals surface area (Å²) in [7, 11) is 0. The highest BCUT2D eigenvalue weighted by atomic mass is 19.2. The van der Waals surface area contributed by atoms with E-state index in [0.717, 1.165) is 31.4 Å². The van der Waals surface area contributed by atoms with Crippen molar-refractivity contribution in [2.75, 3.05) is 13.1 Å². The summed E-state index contributed by atoms with van der Waals surface area (Å²) in [5.74, 6) is -1.19. The van der Waals surface area contributed by atoms with Gasteiger partial charge >= 0.3 is 0 Å². The van der Waals surface area contributed by atoms with Crippen molar-refractivity contribution in [3.05, 3.63) is 65.5 Å². The molecule has 1 saturated heterocycles. The van der Waals surface area contributed by atoms with E-state index in [1.807, 2.05) is 4.90 Å². The molecule has 0 bridgehead atoms. The molecule has 3 nitrogen and oxygen atoms in total. The van der Waals surface area contributed by atoms with Crippen LogP contribution in [0.5, 0.6) is 0 Å². The summed E-state index contributed by atoms with van der Waals surface area (Å²) in [6.07, 6.45) is 6.84. The minimum Gasteiger partial charge on any atom is -0.338 e. The van der Waals surface area contributed by atoms with Gasteiger partial charge in [-0.3, -0.25) is 9.78 Å². The van der Waals surface area contributed by atoms with Gasteiger partial charge in [0, 0.05) is 31.0 Å². The molecule has 1 amide bonds. The van der Waals surface area contributed by atoms with E-state index in [4.69, 9.17) is 0 Å². The number of hydrogen-bond acceptors (Lipinski definition) is 2. The summed E-state index contributed by atoms with van der Waals surface area (Å²) in [6, 6.07) is 7.52. The van der Waals surface area contributed by atoms with Crippen molar-refractivity contribution in [3.8, 4) is 0 Å². The maximum Gasteiger partial charge on any atom is 0.253 e. The Morgan fingerprint density at radius 1 is 1.17 bits per heavy atom. The molecule has 0 spiro atoms. The fourth-order valence-corrected chi connectivity index (χ4v) is 3.23. The van der Waals surface area contributed by atoms with E-state index < -0.39 is 11.6 Å². The van der Waals surface area contributed by atoms with Crippen LogP contribution >= 0.6 is 0 Å². The fourth-order valence-electron chi connectivity index (χ4n) is 3.23. The van der Waals surface area contributed by atoms with Crippen LogP contribution in [0.25, 0.3) is 0 Å². The second kappa shape index (κ2) is 7.51. The Morgan fingerprint density at radius 2 is 1.96 bits per heavy atom. The second-order valence-electron chi connectivity index (χ2n) is 6.28. The quantitative estimate of drug-likeness (QED) is 0.853. The van der Waals surface area contributed by atoms with Crippen molar-refractivity contribution in [3.63, 3.8) is 0 Å². The zero-order valence-electron chi connectivity index (χ0n) is 13.4. The number of nitrogens with zero attached hydrogens (tertiary/aromatic N) is 2. The van der Waals surface area contributed by atoms with Gasteiger partial charge in [0.25, 0.3) is 5.91 Å². The maximum absolute atomic E-state index is 13.3. The summed E-state index contributed by atoms with van der Waals surface area (Å²) in [5.41, 5.74) is 1.46. The highest BCUT2D eigenvalue weighted by Crippen LogP contribution is 2.23. The summed E-state index contributed by atoms with van der Waals surface area (Å²) in [6.45, 7) is 1.48. The Hall–Kier alpha value is -2.30. The molecular formula is C19H20F2N2O. The first kappa shape index (κ1) is 16.6. The average Bonchev–Trinajstić information content (AvgIpc) is 2.63. The molecule has 1 aromatic carbocycles. The lowest BCUT2D eigenvalue weighted by Gasteiger charge is -2.33. The molecule has 1 aromatic heterocycles. The Labute approximate surface area is 140 Å². The third-order valence-electron chi connectivity index (χ3n) is 4.56. The van der Waals surface area contributed by atoms with Gasteiger partial charge in [-0.25, -0.2) is 8.78 Å². The summed E-state index contributed by atoms with van der Waals surface area (Å²) in [5, 5.41) is 0. The molecule has 1 aliphatic rings. The Balaban J connectivity index is 1.57. The van der Waals surface area contributed by atoms with Crippen molar-refractivity contribution in [2.45, 2.75) is 25.7 Å². The number of piperidine rings is 1. The van der Waals surface area contributed by atoms with Crippen LogP contribution in [0.4, 0.5) is 8.78 Å². The predicted molar refractivity (Wildman–Crippen MR) is 87.5 cm³/mol. The summed E-state index contributed by atoms with van der Waals surface area (Å²) in [4.78, 5) is 18.3. The van der Waals surface area contributed by atoms with Crippen LogP contribution in [-0.4, -0.2) is 28.9 Å². The number of benzene rings is 1. The molecule has 2 aromatic rings. The first-order chi connectivity index (χ1) is 11.6. The molecule has 24 heavy (non-hydrogen) atoms. The number of aromatic nitrogens is 1. The molecule has 1 fully saturated rings. The van der Waals surface area contributed by atoms with Gasteiger partial charge in [0.2, 0.25) is 0 Å². The third-order valence-corrected chi connectivity index (χ3v) is 4.56. The SMILES string of the molecule is O=C(c1ccncc1)N1CCC[C@@H](CCc2ccc(F)c(F)c2)C1. The van der Waals surface area contributed by atoms with Crippen LogP contribution in [-0.2, 0) is 6.42 Å². The van der Waals surface area contributed by atoms with E-state index >= 15 is 0 Å². The largest absolute Gasteiger partial charge is 0.338 e. The first-order valence-electron chi connectivity index (χ1n) is 8.26. The molecule has 0 unspecified atom stereocenters. The van der Waals surface area contributed by atoms with Gasteiger partial charge in [0.05, 0.1) is 0 Å². The summed E-state index contributed by atoms with van der Waals surface area (Å²) < 4.78 is 26.2. The lowest BCUT2D eigenvalue weighted by atomic mass is 9.91. The van der Waals surface area contributed by atoms with Crippen LogP contribution in [0.15, 0.2) is 42.7 Å². The molecule has 126 valence electrons. The van der Waals surface area contributed by atoms with Crippen molar-refractivity contribution in [1.82, 2.24) is 9.88 Å². The lowest BCUT2D eigenvalue weighted by molar-refractivity contribution is 0.0668. The topological polar surface area (TPSA) is 33.2 Å². The number of hydrogen-bond donors (Lipinski definition) is 0. The number of pyridine rings is 1. The van der Waals surface area contributed by atoms with Gasteiger partial charge in [-0.15, -0.1) is 0 Å². The van der Waals surface area contributed by atoms with E-state index in [2.05, 4.69) is 4.98 Å². The number of likely N-dealkylation sites (tertiary alicyclic amines) is 1. The van der Waals surface area contributed by atoms with Crippen LogP contribution in [0.2, 0.25) is 0 Å². The Kier molecular flexibility index (Phi) is 5.18. The molecule has 1 atom stereocenters. The van der Waals surface area contributed by atoms with Crippen molar-refractivity contribution in [1.29, 1.82) is 0 Å². The van der Waals surface area contributed by atoms with Gasteiger partial charge in [-0.1, -0.05) is 6.07 Å². The van der Waals surface area contributed by atoms with Crippen LogP contribution < -0.4 is 0 Å². The number of aryl methyl sites for hydroxylation is 1. The maximum atomic E-state index is 13.3. The predicted octanol–water partition coefficient (Wildman–Crippen LogP) is 3.84. The Morgan fingerprint density at radius 3 is 2.71 bits per heavy atom. The molecule has 0 radical (unpaired) electrons. The molecular weight excluding hydrogens is 310 g/mol. The number of carbonyl (C=O) groups excluding carboxylic acids is 1. The fraction of sp³-hybridized carbons (Fsp3) is 0.368. The number of carbonyl (C=O) groups is 1. The third kappa shape index (κ3) is 3.96. The standard InChI is InChI=1S/C19H20F2N2O/c20-17-6-5-14(12-18(17)21)3-4-15-2-1-11-23(13-15)19(24)16-7-9-22-10-8-16/h5-10,12,15H,1-4,11,13H2/t15-/m0/s1. The van der Waals surface area contributed by atoms with Crippen molar-refractivity contribution in [2.24, 2.45) is 5.92 Å². The normalized spacial score (nSPS) is 17.8. The monoisotopic (exact) mass is 330 g/mol. The first-order valence-corrected chi connectivity index (χ1v) is 8.26. The number of amides is 1. The number of rotatable bonds is 4. The van der Waals surface area contributed by atoms with E-state index in [-0.39, 0.29) is 5.91 Å². The smallest absolute Gasteiger partial charge is 0.253 e. The van der Waals surface area contributed by atoms with Gasteiger partial charge in [0.1, 0.15) is 0 Å². The highest BCUT2D eigenvalue weighted by Gasteiger charge is 2.24. The minimum absolute atomic E-state index is 0.0370. The van der Waals surface area contributed by atoms with Crippen molar-refractivity contribution < 1.29 is 13.6 Å². The molecule has 0 saturated carbocycles. The van der Waals surface area contributed by atoms with Crippen LogP contribution in [0, 0.1) is 17.6 Å². The van der Waals surface area contributed by atoms with Gasteiger partial charge in [0.15, 0.2) is 11.6 Å². The molecule has 0 aliphatic carbocycles. The molecule has 2 heterocycles. The second-order valence-corrected chi connectivity index (χ2v) is 6.28. The lowest BCUT2D eigenvalue weighted by Crippen LogP contribution is -2.40. The molecule has 0 N–H and O–H groups in total. The van der Waals surface area contributed by atoms with E-state index in [0.29, 0.717) is 24.4 Å². The van der Waals surface area contributed by atoms with Gasteiger partial charge in [-0.05, 0) is 61.4 Å². The molecule has 5 heteroatoms. The molecule has 3 rings (SSSR count). The minimum atomic E-state index is -0.814. The zero-order chi connectivity index (χ0) is 16.9. The van der Waals surface area contributed by atoms with Crippen LogP contribution in [0.1, 0.15) is 35.2 Å². The van der Waals surface area contributed by atoms with Crippen molar-refractivity contribution >= 4 is 5.91 Å². The number of halogens is 2. The average molecular weight is 330 g/mol. The van der Waals surface area contributed by atoms with E-state index in [1.165, 1.54) is 12.1 Å². The van der Waals surface area contributed by atoms with Gasteiger partial charge in [-0.2, -0.15) is 0 Å². The van der Waals surface area contributed by atoms with Gasteiger partial charge < -0.3 is 4.90 Å². The Bertz CT molecular complexity index is 706. The van der Waals surface area contributed by atoms with E-state index in [9.17, 15) is 13.6 Å². The van der Waals surface area contributed by atoms with E-state index in [1.54, 1.807) is 30.6 Å².